The van der Waals surface area contributed by atoms with Crippen molar-refractivity contribution >= 4 is 5.91 Å². The first-order valence-electron chi connectivity index (χ1n) is 10.3. The Hall–Kier alpha value is -1.84. The second kappa shape index (κ2) is 9.38. The van der Waals surface area contributed by atoms with Gasteiger partial charge in [0.05, 0.1) is 17.9 Å². The van der Waals surface area contributed by atoms with Crippen molar-refractivity contribution in [1.29, 1.82) is 0 Å². The Balaban J connectivity index is 1.54. The molecule has 0 saturated carbocycles. The van der Waals surface area contributed by atoms with Crippen molar-refractivity contribution in [2.75, 3.05) is 39.8 Å². The first-order valence-corrected chi connectivity index (χ1v) is 10.3. The average molecular weight is 372 g/mol. The molecular formula is C21H33N5O. The third-order valence-electron chi connectivity index (χ3n) is 5.43. The molecule has 2 aliphatic heterocycles. The van der Waals surface area contributed by atoms with Crippen LogP contribution < -0.4 is 0 Å². The maximum atomic E-state index is 11.9. The Morgan fingerprint density at radius 2 is 2.15 bits per heavy atom. The number of fused-ring (bicyclic) bond motifs is 1. The normalized spacial score (nSPS) is 20.5. The van der Waals surface area contributed by atoms with Gasteiger partial charge in [0.15, 0.2) is 0 Å². The number of rotatable bonds is 6. The van der Waals surface area contributed by atoms with Crippen LogP contribution in [-0.2, 0) is 24.4 Å². The molecule has 1 fully saturated rings. The Bertz CT molecular complexity index is 701. The van der Waals surface area contributed by atoms with E-state index in [2.05, 4.69) is 53.3 Å². The minimum absolute atomic E-state index is 0.302. The average Bonchev–Trinajstić information content (AvgIpc) is 3.11. The molecule has 1 aromatic rings. The SMILES string of the molecule is CCC#CCN1CCCn2nc(CN(C)C[C@@H]3CC(=O)N(CC)C3)cc2C1. The van der Waals surface area contributed by atoms with Crippen LogP contribution >= 0.6 is 0 Å². The van der Waals surface area contributed by atoms with Crippen LogP contribution in [-0.4, -0.2) is 70.2 Å². The van der Waals surface area contributed by atoms with E-state index in [4.69, 9.17) is 5.10 Å². The number of amides is 1. The van der Waals surface area contributed by atoms with Crippen molar-refractivity contribution in [1.82, 2.24) is 24.5 Å². The molecule has 0 unspecified atom stereocenters. The summed E-state index contributed by atoms with van der Waals surface area (Å²) in [7, 11) is 2.14. The Morgan fingerprint density at radius 1 is 1.30 bits per heavy atom. The molecular weight excluding hydrogens is 338 g/mol. The standard InChI is InChI=1S/C21H33N5O/c1-4-6-7-9-24-10-8-11-26-20(17-24)13-19(22-26)16-23(3)14-18-12-21(27)25(5-2)15-18/h13,18H,4-5,8-12,14-17H2,1-3H3/t18-/m0/s1. The van der Waals surface area contributed by atoms with Crippen molar-refractivity contribution in [2.24, 2.45) is 5.92 Å². The summed E-state index contributed by atoms with van der Waals surface area (Å²) in [6.07, 6.45) is 2.73. The van der Waals surface area contributed by atoms with Crippen LogP contribution in [0.1, 0.15) is 44.5 Å². The Kier molecular flexibility index (Phi) is 6.92. The van der Waals surface area contributed by atoms with Gasteiger partial charge in [-0.05, 0) is 32.4 Å². The van der Waals surface area contributed by atoms with Crippen LogP contribution in [0.4, 0.5) is 0 Å². The molecule has 6 heteroatoms. The summed E-state index contributed by atoms with van der Waals surface area (Å²) in [6.45, 7) is 11.5. The number of hydrogen-bond acceptors (Lipinski definition) is 4. The number of likely N-dealkylation sites (tertiary alicyclic amines) is 1. The summed E-state index contributed by atoms with van der Waals surface area (Å²) < 4.78 is 2.17. The third-order valence-corrected chi connectivity index (χ3v) is 5.43. The minimum Gasteiger partial charge on any atom is -0.343 e. The fraction of sp³-hybridized carbons (Fsp3) is 0.714. The van der Waals surface area contributed by atoms with Crippen molar-refractivity contribution in [2.45, 2.75) is 52.7 Å². The summed E-state index contributed by atoms with van der Waals surface area (Å²) in [5, 5.41) is 4.84. The van der Waals surface area contributed by atoms with Gasteiger partial charge in [-0.2, -0.15) is 5.10 Å². The number of nitrogens with zero attached hydrogens (tertiary/aromatic N) is 5. The van der Waals surface area contributed by atoms with E-state index < -0.39 is 0 Å². The van der Waals surface area contributed by atoms with Crippen LogP contribution in [0.25, 0.3) is 0 Å². The molecule has 3 rings (SSSR count). The maximum absolute atomic E-state index is 11.9. The molecule has 0 N–H and O–H groups in total. The highest BCUT2D eigenvalue weighted by Gasteiger charge is 2.29. The lowest BCUT2D eigenvalue weighted by Crippen LogP contribution is -2.28. The summed E-state index contributed by atoms with van der Waals surface area (Å²) >= 11 is 0. The van der Waals surface area contributed by atoms with Crippen molar-refractivity contribution in [3.05, 3.63) is 17.5 Å². The second-order valence-corrected chi connectivity index (χ2v) is 7.82. The van der Waals surface area contributed by atoms with Crippen LogP contribution in [0.5, 0.6) is 0 Å². The van der Waals surface area contributed by atoms with Crippen molar-refractivity contribution in [3.63, 3.8) is 0 Å². The highest BCUT2D eigenvalue weighted by atomic mass is 16.2. The van der Waals surface area contributed by atoms with Gasteiger partial charge < -0.3 is 9.80 Å². The van der Waals surface area contributed by atoms with Crippen LogP contribution in [0.3, 0.4) is 0 Å². The first-order chi connectivity index (χ1) is 13.1. The quantitative estimate of drug-likeness (QED) is 0.716. The molecule has 0 bridgehead atoms. The predicted molar refractivity (Wildman–Crippen MR) is 107 cm³/mol. The van der Waals surface area contributed by atoms with Gasteiger partial charge in [-0.25, -0.2) is 0 Å². The van der Waals surface area contributed by atoms with Gasteiger partial charge in [-0.1, -0.05) is 12.8 Å². The van der Waals surface area contributed by atoms with Crippen molar-refractivity contribution < 1.29 is 4.79 Å². The van der Waals surface area contributed by atoms with E-state index in [1.807, 2.05) is 4.90 Å². The molecule has 6 nitrogen and oxygen atoms in total. The number of carbonyl (C=O) groups is 1. The maximum Gasteiger partial charge on any atom is 0.222 e. The molecule has 1 aromatic heterocycles. The number of aryl methyl sites for hydroxylation is 1. The van der Waals surface area contributed by atoms with Gasteiger partial charge in [0.2, 0.25) is 5.91 Å². The molecule has 148 valence electrons. The van der Waals surface area contributed by atoms with Crippen LogP contribution in [0.15, 0.2) is 6.07 Å². The van der Waals surface area contributed by atoms with E-state index in [0.717, 1.165) is 70.9 Å². The molecule has 2 aliphatic rings. The fourth-order valence-corrected chi connectivity index (χ4v) is 4.16. The van der Waals surface area contributed by atoms with Gasteiger partial charge in [-0.15, -0.1) is 5.92 Å². The topological polar surface area (TPSA) is 44.6 Å². The summed E-state index contributed by atoms with van der Waals surface area (Å²) in [5.41, 5.74) is 2.42. The lowest BCUT2D eigenvalue weighted by Gasteiger charge is -2.20. The van der Waals surface area contributed by atoms with Gasteiger partial charge in [0, 0.05) is 58.7 Å². The number of carbonyl (C=O) groups excluding carboxylic acids is 1. The highest BCUT2D eigenvalue weighted by Crippen LogP contribution is 2.19. The lowest BCUT2D eigenvalue weighted by atomic mass is 10.1. The van der Waals surface area contributed by atoms with E-state index in [0.29, 0.717) is 18.2 Å². The highest BCUT2D eigenvalue weighted by molar-refractivity contribution is 5.78. The van der Waals surface area contributed by atoms with Gasteiger partial charge in [0.1, 0.15) is 0 Å². The zero-order valence-corrected chi connectivity index (χ0v) is 17.1. The van der Waals surface area contributed by atoms with Crippen molar-refractivity contribution in [3.8, 4) is 11.8 Å². The predicted octanol–water partition coefficient (Wildman–Crippen LogP) is 1.80. The minimum atomic E-state index is 0.302. The van der Waals surface area contributed by atoms with Gasteiger partial charge in [0.25, 0.3) is 0 Å². The Morgan fingerprint density at radius 3 is 2.89 bits per heavy atom. The molecule has 0 radical (unpaired) electrons. The molecule has 0 spiro atoms. The molecule has 0 aliphatic carbocycles. The third kappa shape index (κ3) is 5.33. The fourth-order valence-electron chi connectivity index (χ4n) is 4.16. The lowest BCUT2D eigenvalue weighted by molar-refractivity contribution is -0.127. The van der Waals surface area contributed by atoms with E-state index in [1.165, 1.54) is 5.69 Å². The number of aromatic nitrogens is 2. The van der Waals surface area contributed by atoms with Crippen LogP contribution in [0, 0.1) is 17.8 Å². The van der Waals surface area contributed by atoms with E-state index in [1.54, 1.807) is 0 Å². The zero-order valence-electron chi connectivity index (χ0n) is 17.1. The van der Waals surface area contributed by atoms with Gasteiger partial charge >= 0.3 is 0 Å². The Labute approximate surface area is 163 Å². The molecule has 1 amide bonds. The molecule has 0 aromatic carbocycles. The van der Waals surface area contributed by atoms with E-state index in [9.17, 15) is 4.79 Å². The molecule has 1 saturated heterocycles. The molecule has 1 atom stereocenters. The monoisotopic (exact) mass is 371 g/mol. The summed E-state index contributed by atoms with van der Waals surface area (Å²) in [4.78, 5) is 18.6. The summed E-state index contributed by atoms with van der Waals surface area (Å²) in [6, 6.07) is 2.25. The van der Waals surface area contributed by atoms with Crippen LogP contribution in [0.2, 0.25) is 0 Å². The zero-order chi connectivity index (χ0) is 19.2. The first kappa shape index (κ1) is 19.9. The smallest absolute Gasteiger partial charge is 0.222 e. The largest absolute Gasteiger partial charge is 0.343 e. The summed E-state index contributed by atoms with van der Waals surface area (Å²) in [5.74, 6) is 7.17. The van der Waals surface area contributed by atoms with Gasteiger partial charge in [-0.3, -0.25) is 14.4 Å². The van der Waals surface area contributed by atoms with E-state index >= 15 is 0 Å². The molecule has 27 heavy (non-hydrogen) atoms. The molecule has 3 heterocycles. The van der Waals surface area contributed by atoms with E-state index in [-0.39, 0.29) is 0 Å². The number of hydrogen-bond donors (Lipinski definition) is 0. The second-order valence-electron chi connectivity index (χ2n) is 7.82.